The summed E-state index contributed by atoms with van der Waals surface area (Å²) in [6.45, 7) is 0. The maximum Gasteiger partial charge on any atom is 0.145 e. The Bertz CT molecular complexity index is 532. The normalized spacial score (nSPS) is 9.44. The summed E-state index contributed by atoms with van der Waals surface area (Å²) in [7, 11) is 0. The zero-order chi connectivity index (χ0) is 11.4. The van der Waals surface area contributed by atoms with Crippen molar-refractivity contribution in [2.75, 3.05) is 5.73 Å². The predicted octanol–water partition coefficient (Wildman–Crippen LogP) is 2.33. The molecular weight excluding hydrogens is 202 g/mol. The molecule has 0 aliphatic carbocycles. The fourth-order valence-corrected chi connectivity index (χ4v) is 1.26. The monoisotopic (exact) mass is 211 g/mol. The molecule has 0 aliphatic heterocycles. The molecule has 1 aromatic carbocycles. The molecule has 0 radical (unpaired) electrons. The van der Waals surface area contributed by atoms with Crippen molar-refractivity contribution in [1.82, 2.24) is 4.98 Å². The minimum atomic E-state index is 0.406. The molecule has 0 saturated carbocycles. The van der Waals surface area contributed by atoms with Crippen LogP contribution < -0.4 is 10.5 Å². The summed E-state index contributed by atoms with van der Waals surface area (Å²) in [5.74, 6) is 1.06. The van der Waals surface area contributed by atoms with Crippen LogP contribution in [-0.2, 0) is 0 Å². The predicted molar refractivity (Wildman–Crippen MR) is 59.9 cm³/mol. The molecule has 2 aromatic rings. The summed E-state index contributed by atoms with van der Waals surface area (Å²) in [6.07, 6.45) is 3.23. The standard InChI is InChI=1S/C12H9N3O/c13-7-9-6-10(14)3-4-12(9)16-11-2-1-5-15-8-11/h1-6,8H,14H2. The maximum absolute atomic E-state index is 8.92. The lowest BCUT2D eigenvalue weighted by Gasteiger charge is -2.06. The highest BCUT2D eigenvalue weighted by Crippen LogP contribution is 2.25. The lowest BCUT2D eigenvalue weighted by molar-refractivity contribution is 0.479. The van der Waals surface area contributed by atoms with Gasteiger partial charge in [-0.2, -0.15) is 5.26 Å². The Hall–Kier alpha value is -2.54. The number of nitrogens with zero attached hydrogens (tertiary/aromatic N) is 2. The van der Waals surface area contributed by atoms with Crippen LogP contribution in [0, 0.1) is 11.3 Å². The summed E-state index contributed by atoms with van der Waals surface area (Å²) >= 11 is 0. The zero-order valence-electron chi connectivity index (χ0n) is 8.42. The van der Waals surface area contributed by atoms with Crippen LogP contribution in [0.2, 0.25) is 0 Å². The summed E-state index contributed by atoms with van der Waals surface area (Å²) < 4.78 is 5.51. The molecule has 0 bridgehead atoms. The Balaban J connectivity index is 2.32. The molecule has 0 amide bonds. The highest BCUT2D eigenvalue weighted by atomic mass is 16.5. The van der Waals surface area contributed by atoms with E-state index in [1.807, 2.05) is 6.07 Å². The quantitative estimate of drug-likeness (QED) is 0.774. The van der Waals surface area contributed by atoms with Gasteiger partial charge in [0.05, 0.1) is 11.8 Å². The lowest BCUT2D eigenvalue weighted by Crippen LogP contribution is -1.91. The highest BCUT2D eigenvalue weighted by molar-refractivity contribution is 5.54. The number of hydrogen-bond donors (Lipinski definition) is 1. The third-order valence-corrected chi connectivity index (χ3v) is 1.99. The number of nitriles is 1. The number of hydrogen-bond acceptors (Lipinski definition) is 4. The highest BCUT2D eigenvalue weighted by Gasteiger charge is 2.04. The number of benzene rings is 1. The van der Waals surface area contributed by atoms with Gasteiger partial charge in [-0.25, -0.2) is 0 Å². The van der Waals surface area contributed by atoms with Gasteiger partial charge in [0, 0.05) is 11.9 Å². The van der Waals surface area contributed by atoms with E-state index in [1.165, 1.54) is 0 Å². The second-order valence-corrected chi connectivity index (χ2v) is 3.16. The Morgan fingerprint density at radius 2 is 2.19 bits per heavy atom. The van der Waals surface area contributed by atoms with Crippen LogP contribution in [0.25, 0.3) is 0 Å². The molecule has 0 unspecified atom stereocenters. The summed E-state index contributed by atoms with van der Waals surface area (Å²) in [4.78, 5) is 3.92. The first-order valence-electron chi connectivity index (χ1n) is 4.67. The van der Waals surface area contributed by atoms with E-state index in [0.29, 0.717) is 22.7 Å². The molecule has 78 valence electrons. The van der Waals surface area contributed by atoms with Crippen LogP contribution in [0.1, 0.15) is 5.56 Å². The van der Waals surface area contributed by atoms with Gasteiger partial charge in [0.15, 0.2) is 0 Å². The van der Waals surface area contributed by atoms with Crippen LogP contribution >= 0.6 is 0 Å². The minimum absolute atomic E-state index is 0.406. The van der Waals surface area contributed by atoms with Gasteiger partial charge in [-0.15, -0.1) is 0 Å². The molecule has 0 aliphatic rings. The Labute approximate surface area is 92.9 Å². The Morgan fingerprint density at radius 3 is 2.88 bits per heavy atom. The fraction of sp³-hybridized carbons (Fsp3) is 0. The van der Waals surface area contributed by atoms with Crippen LogP contribution in [0.15, 0.2) is 42.7 Å². The van der Waals surface area contributed by atoms with Gasteiger partial charge < -0.3 is 10.5 Å². The topological polar surface area (TPSA) is 71.9 Å². The molecule has 16 heavy (non-hydrogen) atoms. The van der Waals surface area contributed by atoms with Crippen molar-refractivity contribution in [2.24, 2.45) is 0 Å². The van der Waals surface area contributed by atoms with Crippen molar-refractivity contribution in [1.29, 1.82) is 5.26 Å². The fourth-order valence-electron chi connectivity index (χ4n) is 1.26. The van der Waals surface area contributed by atoms with E-state index >= 15 is 0 Å². The van der Waals surface area contributed by atoms with Gasteiger partial charge in [0.2, 0.25) is 0 Å². The van der Waals surface area contributed by atoms with Gasteiger partial charge in [-0.3, -0.25) is 4.98 Å². The summed E-state index contributed by atoms with van der Waals surface area (Å²) in [5.41, 5.74) is 6.52. The second kappa shape index (κ2) is 4.32. The van der Waals surface area contributed by atoms with E-state index < -0.39 is 0 Å². The molecule has 1 aromatic heterocycles. The van der Waals surface area contributed by atoms with E-state index in [0.717, 1.165) is 0 Å². The average Bonchev–Trinajstić information content (AvgIpc) is 2.33. The molecule has 2 N–H and O–H groups in total. The number of nitrogens with two attached hydrogens (primary N) is 1. The number of nitrogen functional groups attached to an aromatic ring is 1. The number of aromatic nitrogens is 1. The number of pyridine rings is 1. The van der Waals surface area contributed by atoms with Crippen LogP contribution in [0.4, 0.5) is 5.69 Å². The molecule has 1 heterocycles. The Morgan fingerprint density at radius 1 is 1.31 bits per heavy atom. The molecule has 2 rings (SSSR count). The molecule has 0 fully saturated rings. The van der Waals surface area contributed by atoms with Crippen molar-refractivity contribution >= 4 is 5.69 Å². The SMILES string of the molecule is N#Cc1cc(N)ccc1Oc1cccnc1. The van der Waals surface area contributed by atoms with Gasteiger partial charge in [-0.05, 0) is 30.3 Å². The molecular formula is C12H9N3O. The van der Waals surface area contributed by atoms with E-state index in [2.05, 4.69) is 4.98 Å². The molecule has 0 saturated heterocycles. The van der Waals surface area contributed by atoms with Crippen LogP contribution in [0.3, 0.4) is 0 Å². The Kier molecular flexibility index (Phi) is 2.70. The van der Waals surface area contributed by atoms with Crippen LogP contribution in [0.5, 0.6) is 11.5 Å². The van der Waals surface area contributed by atoms with Crippen molar-refractivity contribution in [3.8, 4) is 17.6 Å². The first kappa shape index (κ1) is 9.99. The van der Waals surface area contributed by atoms with Crippen molar-refractivity contribution < 1.29 is 4.74 Å². The van der Waals surface area contributed by atoms with Crippen molar-refractivity contribution in [2.45, 2.75) is 0 Å². The molecule has 0 spiro atoms. The van der Waals surface area contributed by atoms with Crippen molar-refractivity contribution in [3.05, 3.63) is 48.3 Å². The average molecular weight is 211 g/mol. The number of rotatable bonds is 2. The largest absolute Gasteiger partial charge is 0.454 e. The van der Waals surface area contributed by atoms with E-state index in [-0.39, 0.29) is 0 Å². The lowest BCUT2D eigenvalue weighted by atomic mass is 10.2. The van der Waals surface area contributed by atoms with E-state index in [4.69, 9.17) is 15.7 Å². The molecule has 4 nitrogen and oxygen atoms in total. The number of anilines is 1. The van der Waals surface area contributed by atoms with Gasteiger partial charge in [-0.1, -0.05) is 0 Å². The van der Waals surface area contributed by atoms with Crippen molar-refractivity contribution in [3.63, 3.8) is 0 Å². The van der Waals surface area contributed by atoms with Crippen LogP contribution in [-0.4, -0.2) is 4.98 Å². The number of ether oxygens (including phenoxy) is 1. The third kappa shape index (κ3) is 2.10. The minimum Gasteiger partial charge on any atom is -0.454 e. The third-order valence-electron chi connectivity index (χ3n) is 1.99. The maximum atomic E-state index is 8.92. The smallest absolute Gasteiger partial charge is 0.145 e. The van der Waals surface area contributed by atoms with E-state index in [1.54, 1.807) is 42.7 Å². The molecule has 4 heteroatoms. The summed E-state index contributed by atoms with van der Waals surface area (Å²) in [5, 5.41) is 8.92. The van der Waals surface area contributed by atoms with Gasteiger partial charge in [0.25, 0.3) is 0 Å². The van der Waals surface area contributed by atoms with E-state index in [9.17, 15) is 0 Å². The first-order chi connectivity index (χ1) is 7.79. The summed E-state index contributed by atoms with van der Waals surface area (Å²) in [6, 6.07) is 10.5. The zero-order valence-corrected chi connectivity index (χ0v) is 8.42. The molecule has 0 atom stereocenters. The van der Waals surface area contributed by atoms with Gasteiger partial charge in [0.1, 0.15) is 17.6 Å². The second-order valence-electron chi connectivity index (χ2n) is 3.16. The first-order valence-corrected chi connectivity index (χ1v) is 4.67. The van der Waals surface area contributed by atoms with Gasteiger partial charge >= 0.3 is 0 Å².